The molecule has 1 N–H and O–H groups in total. The van der Waals surface area contributed by atoms with Crippen molar-refractivity contribution in [2.24, 2.45) is 5.92 Å². The second-order valence-electron chi connectivity index (χ2n) is 7.69. The average molecular weight is 394 g/mol. The van der Waals surface area contributed by atoms with Gasteiger partial charge in [0.05, 0.1) is 18.1 Å². The highest BCUT2D eigenvalue weighted by Crippen LogP contribution is 2.22. The molecular formula is C20H31N3O3S. The average Bonchev–Trinajstić information content (AvgIpc) is 3.23. The Morgan fingerprint density at radius 2 is 2.04 bits per heavy atom. The molecule has 2 atom stereocenters. The summed E-state index contributed by atoms with van der Waals surface area (Å²) in [5, 5.41) is 5.05. The van der Waals surface area contributed by atoms with Crippen LogP contribution in [0, 0.1) is 5.92 Å². The van der Waals surface area contributed by atoms with Crippen molar-refractivity contribution in [3.05, 3.63) is 22.4 Å². The van der Waals surface area contributed by atoms with Gasteiger partial charge in [-0.1, -0.05) is 19.9 Å². The molecule has 150 valence electrons. The first-order chi connectivity index (χ1) is 13.1. The second kappa shape index (κ2) is 9.66. The summed E-state index contributed by atoms with van der Waals surface area (Å²) in [5.74, 6) is 0.413. The topological polar surface area (TPSA) is 61.9 Å². The Balaban J connectivity index is 1.61. The summed E-state index contributed by atoms with van der Waals surface area (Å²) in [5.41, 5.74) is 0. The number of hydrogen-bond donors (Lipinski definition) is 1. The maximum atomic E-state index is 12.9. The van der Waals surface area contributed by atoms with Crippen LogP contribution < -0.4 is 5.32 Å². The van der Waals surface area contributed by atoms with E-state index in [2.05, 4.69) is 24.1 Å². The third kappa shape index (κ3) is 5.09. The van der Waals surface area contributed by atoms with Crippen LogP contribution in [0.5, 0.6) is 0 Å². The van der Waals surface area contributed by atoms with E-state index >= 15 is 0 Å². The van der Waals surface area contributed by atoms with Crippen molar-refractivity contribution >= 4 is 23.2 Å². The fraction of sp³-hybridized carbons (Fsp3) is 0.700. The smallest absolute Gasteiger partial charge is 0.264 e. The van der Waals surface area contributed by atoms with Crippen LogP contribution in [0.1, 0.15) is 42.8 Å². The molecule has 2 aliphatic heterocycles. The Kier molecular flexibility index (Phi) is 7.26. The van der Waals surface area contributed by atoms with Gasteiger partial charge in [-0.25, -0.2) is 0 Å². The van der Waals surface area contributed by atoms with E-state index in [1.807, 2.05) is 17.5 Å². The molecule has 0 bridgehead atoms. The Hall–Kier alpha value is -1.44. The van der Waals surface area contributed by atoms with Crippen LogP contribution >= 0.6 is 11.3 Å². The van der Waals surface area contributed by atoms with E-state index in [0.29, 0.717) is 29.9 Å². The highest BCUT2D eigenvalue weighted by atomic mass is 32.1. The first-order valence-corrected chi connectivity index (χ1v) is 10.9. The lowest BCUT2D eigenvalue weighted by atomic mass is 9.99. The van der Waals surface area contributed by atoms with Crippen molar-refractivity contribution in [1.82, 2.24) is 15.1 Å². The number of carbonyl (C=O) groups excluding carboxylic acids is 2. The molecule has 7 heteroatoms. The van der Waals surface area contributed by atoms with E-state index in [9.17, 15) is 9.59 Å². The van der Waals surface area contributed by atoms with Crippen molar-refractivity contribution in [1.29, 1.82) is 0 Å². The number of carbonyl (C=O) groups is 2. The Morgan fingerprint density at radius 1 is 1.26 bits per heavy atom. The van der Waals surface area contributed by atoms with Crippen LogP contribution in [0.15, 0.2) is 17.5 Å². The summed E-state index contributed by atoms with van der Waals surface area (Å²) < 4.78 is 5.45. The van der Waals surface area contributed by atoms with Crippen molar-refractivity contribution < 1.29 is 14.3 Å². The Bertz CT molecular complexity index is 614. The van der Waals surface area contributed by atoms with Gasteiger partial charge in [-0.3, -0.25) is 14.5 Å². The van der Waals surface area contributed by atoms with Gasteiger partial charge in [0.2, 0.25) is 5.91 Å². The monoisotopic (exact) mass is 393 g/mol. The molecule has 0 aromatic carbocycles. The number of amides is 2. The predicted octanol–water partition coefficient (Wildman–Crippen LogP) is 2.22. The van der Waals surface area contributed by atoms with E-state index in [0.717, 1.165) is 45.6 Å². The van der Waals surface area contributed by atoms with Crippen LogP contribution in [0.3, 0.4) is 0 Å². The summed E-state index contributed by atoms with van der Waals surface area (Å²) in [7, 11) is 0. The minimum atomic E-state index is -0.356. The van der Waals surface area contributed by atoms with E-state index < -0.39 is 0 Å². The molecule has 1 aromatic rings. The first-order valence-electron chi connectivity index (χ1n) is 10.0. The molecule has 0 radical (unpaired) electrons. The zero-order chi connectivity index (χ0) is 19.2. The fourth-order valence-electron chi connectivity index (χ4n) is 4.01. The molecule has 0 aliphatic carbocycles. The molecule has 2 saturated heterocycles. The van der Waals surface area contributed by atoms with Gasteiger partial charge >= 0.3 is 0 Å². The molecule has 2 unspecified atom stereocenters. The van der Waals surface area contributed by atoms with Gasteiger partial charge < -0.3 is 15.0 Å². The Morgan fingerprint density at radius 3 is 2.70 bits per heavy atom. The lowest BCUT2D eigenvalue weighted by molar-refractivity contribution is -0.127. The second-order valence-corrected chi connectivity index (χ2v) is 8.64. The number of nitrogens with zero attached hydrogens (tertiary/aromatic N) is 2. The first kappa shape index (κ1) is 20.3. The van der Waals surface area contributed by atoms with Crippen molar-refractivity contribution in [2.75, 3.05) is 39.4 Å². The van der Waals surface area contributed by atoms with Crippen molar-refractivity contribution in [2.45, 2.75) is 45.2 Å². The number of ether oxygens (including phenoxy) is 1. The molecule has 0 saturated carbocycles. The van der Waals surface area contributed by atoms with Gasteiger partial charge in [0.1, 0.15) is 6.04 Å². The number of piperidine rings is 1. The lowest BCUT2D eigenvalue weighted by Gasteiger charge is -2.38. The largest absolute Gasteiger partial charge is 0.379 e. The maximum Gasteiger partial charge on any atom is 0.264 e. The molecular weight excluding hydrogens is 362 g/mol. The molecule has 3 heterocycles. The van der Waals surface area contributed by atoms with Gasteiger partial charge in [-0.15, -0.1) is 11.3 Å². The standard InChI is InChI=1S/C20H31N3O3S/c1-15(2)17(22-9-11-26-12-10-22)14-21-19(24)16-6-3-4-8-23(16)20(25)18-7-5-13-27-18/h5,7,13,15-17H,3-4,6,8-12,14H2,1-2H3,(H,21,24). The normalized spacial score (nSPS) is 22.6. The summed E-state index contributed by atoms with van der Waals surface area (Å²) in [4.78, 5) is 30.6. The third-order valence-electron chi connectivity index (χ3n) is 5.57. The van der Waals surface area contributed by atoms with E-state index in [-0.39, 0.29) is 17.9 Å². The molecule has 0 spiro atoms. The van der Waals surface area contributed by atoms with Gasteiger partial charge in [0, 0.05) is 32.2 Å². The zero-order valence-electron chi connectivity index (χ0n) is 16.4. The zero-order valence-corrected chi connectivity index (χ0v) is 17.2. The van der Waals surface area contributed by atoms with Gasteiger partial charge in [0.25, 0.3) is 5.91 Å². The van der Waals surface area contributed by atoms with Crippen molar-refractivity contribution in [3.8, 4) is 0 Å². The van der Waals surface area contributed by atoms with Crippen LogP contribution in [-0.4, -0.2) is 73.1 Å². The quantitative estimate of drug-likeness (QED) is 0.805. The van der Waals surface area contributed by atoms with Gasteiger partial charge in [-0.2, -0.15) is 0 Å². The predicted molar refractivity (Wildman–Crippen MR) is 107 cm³/mol. The number of thiophene rings is 1. The van der Waals surface area contributed by atoms with Crippen LogP contribution in [0.2, 0.25) is 0 Å². The number of nitrogens with one attached hydrogen (secondary N) is 1. The van der Waals surface area contributed by atoms with Crippen LogP contribution in [0.4, 0.5) is 0 Å². The highest BCUT2D eigenvalue weighted by molar-refractivity contribution is 7.12. The number of rotatable bonds is 6. The molecule has 2 amide bonds. The molecule has 27 heavy (non-hydrogen) atoms. The summed E-state index contributed by atoms with van der Waals surface area (Å²) >= 11 is 1.44. The summed E-state index contributed by atoms with van der Waals surface area (Å²) in [6, 6.07) is 3.66. The lowest BCUT2D eigenvalue weighted by Crippen LogP contribution is -2.55. The SMILES string of the molecule is CC(C)C(CNC(=O)C1CCCCN1C(=O)c1cccs1)N1CCOCC1. The van der Waals surface area contributed by atoms with Crippen LogP contribution in [-0.2, 0) is 9.53 Å². The highest BCUT2D eigenvalue weighted by Gasteiger charge is 2.33. The molecule has 2 fully saturated rings. The van der Waals surface area contributed by atoms with E-state index in [4.69, 9.17) is 4.74 Å². The molecule has 1 aromatic heterocycles. The minimum Gasteiger partial charge on any atom is -0.379 e. The number of likely N-dealkylation sites (tertiary alicyclic amines) is 1. The molecule has 6 nitrogen and oxygen atoms in total. The summed E-state index contributed by atoms with van der Waals surface area (Å²) in [6.07, 6.45) is 2.69. The van der Waals surface area contributed by atoms with Crippen LogP contribution in [0.25, 0.3) is 0 Å². The maximum absolute atomic E-state index is 12.9. The molecule has 3 rings (SSSR count). The summed E-state index contributed by atoms with van der Waals surface area (Å²) in [6.45, 7) is 8.99. The minimum absolute atomic E-state index is 0.0153. The van der Waals surface area contributed by atoms with E-state index in [1.54, 1.807) is 4.90 Å². The van der Waals surface area contributed by atoms with E-state index in [1.165, 1.54) is 11.3 Å². The Labute approximate surface area is 165 Å². The fourth-order valence-corrected chi connectivity index (χ4v) is 4.69. The number of morpholine rings is 1. The van der Waals surface area contributed by atoms with Crippen molar-refractivity contribution in [3.63, 3.8) is 0 Å². The van der Waals surface area contributed by atoms with Gasteiger partial charge in [-0.05, 0) is 36.6 Å². The third-order valence-corrected chi connectivity index (χ3v) is 6.43. The van der Waals surface area contributed by atoms with Gasteiger partial charge in [0.15, 0.2) is 0 Å². The molecule has 2 aliphatic rings. The number of hydrogen-bond acceptors (Lipinski definition) is 5.